The Morgan fingerprint density at radius 1 is 1.28 bits per heavy atom. The van der Waals surface area contributed by atoms with Crippen LogP contribution in [0.4, 0.5) is 14.5 Å². The van der Waals surface area contributed by atoms with E-state index in [4.69, 9.17) is 0 Å². The van der Waals surface area contributed by atoms with Crippen LogP contribution in [0.5, 0.6) is 0 Å². The Morgan fingerprint density at radius 2 is 1.94 bits per heavy atom. The Morgan fingerprint density at radius 3 is 2.50 bits per heavy atom. The predicted molar refractivity (Wildman–Crippen MR) is 67.4 cm³/mol. The van der Waals surface area contributed by atoms with Crippen LogP contribution in [0.25, 0.3) is 0 Å². The number of anilines is 1. The zero-order chi connectivity index (χ0) is 13.8. The van der Waals surface area contributed by atoms with Gasteiger partial charge in [-0.3, -0.25) is 4.79 Å². The second-order valence-corrected chi connectivity index (χ2v) is 5.10. The van der Waals surface area contributed by atoms with Crippen LogP contribution in [0.2, 0.25) is 0 Å². The summed E-state index contributed by atoms with van der Waals surface area (Å²) in [6.07, 6.45) is 0.230. The van der Waals surface area contributed by atoms with E-state index < -0.39 is 11.6 Å². The lowest BCUT2D eigenvalue weighted by molar-refractivity contribution is -0.122. The lowest BCUT2D eigenvalue weighted by atomic mass is 10.1. The number of carbonyl (C=O) groups excluding carboxylic acids is 1. The van der Waals surface area contributed by atoms with Crippen molar-refractivity contribution in [3.8, 4) is 0 Å². The average molecular weight is 256 g/mol. The van der Waals surface area contributed by atoms with Gasteiger partial charge < -0.3 is 10.6 Å². The number of amides is 1. The summed E-state index contributed by atoms with van der Waals surface area (Å²) in [5.74, 6) is -1.40. The fourth-order valence-electron chi connectivity index (χ4n) is 1.42. The van der Waals surface area contributed by atoms with Gasteiger partial charge in [-0.05, 0) is 32.9 Å². The quantitative estimate of drug-likeness (QED) is 0.869. The van der Waals surface area contributed by atoms with E-state index in [2.05, 4.69) is 10.6 Å². The highest BCUT2D eigenvalue weighted by atomic mass is 19.1. The van der Waals surface area contributed by atoms with Crippen molar-refractivity contribution < 1.29 is 13.6 Å². The molecule has 0 spiro atoms. The normalized spacial score (nSPS) is 11.2. The standard InChI is InChI=1S/C13H18F2N2O/c1-13(2,3)17-12(18)6-7-16-11-5-4-9(14)8-10(11)15/h4-5,8,16H,6-7H2,1-3H3,(H,17,18). The lowest BCUT2D eigenvalue weighted by Gasteiger charge is -2.20. The van der Waals surface area contributed by atoms with Gasteiger partial charge in [0.15, 0.2) is 0 Å². The first-order chi connectivity index (χ1) is 8.28. The molecule has 0 bridgehead atoms. The molecule has 1 amide bonds. The van der Waals surface area contributed by atoms with E-state index in [0.29, 0.717) is 6.54 Å². The second-order valence-electron chi connectivity index (χ2n) is 5.10. The van der Waals surface area contributed by atoms with E-state index in [9.17, 15) is 13.6 Å². The van der Waals surface area contributed by atoms with Gasteiger partial charge in [0.2, 0.25) is 5.91 Å². The molecule has 5 heteroatoms. The van der Waals surface area contributed by atoms with Crippen LogP contribution >= 0.6 is 0 Å². The Hall–Kier alpha value is -1.65. The number of hydrogen-bond donors (Lipinski definition) is 2. The van der Waals surface area contributed by atoms with Gasteiger partial charge in [-0.1, -0.05) is 0 Å². The van der Waals surface area contributed by atoms with Crippen LogP contribution in [0, 0.1) is 11.6 Å². The van der Waals surface area contributed by atoms with E-state index in [1.54, 1.807) is 0 Å². The minimum atomic E-state index is -0.661. The molecule has 0 fully saturated rings. The molecule has 1 aromatic carbocycles. The summed E-state index contributed by atoms with van der Waals surface area (Å²) in [5.41, 5.74) is -0.0851. The minimum Gasteiger partial charge on any atom is -0.382 e. The molecular weight excluding hydrogens is 238 g/mol. The zero-order valence-corrected chi connectivity index (χ0v) is 10.8. The second kappa shape index (κ2) is 5.80. The molecule has 0 aliphatic carbocycles. The molecule has 0 aliphatic rings. The fraction of sp³-hybridized carbons (Fsp3) is 0.462. The largest absolute Gasteiger partial charge is 0.382 e. The minimum absolute atomic E-state index is 0.113. The summed E-state index contributed by atoms with van der Waals surface area (Å²) in [6.45, 7) is 5.96. The van der Waals surface area contributed by atoms with Crippen molar-refractivity contribution in [2.24, 2.45) is 0 Å². The number of hydrogen-bond acceptors (Lipinski definition) is 2. The van der Waals surface area contributed by atoms with Crippen LogP contribution in [0.1, 0.15) is 27.2 Å². The van der Waals surface area contributed by atoms with E-state index >= 15 is 0 Å². The first-order valence-electron chi connectivity index (χ1n) is 5.78. The van der Waals surface area contributed by atoms with Gasteiger partial charge in [0.05, 0.1) is 5.69 Å². The summed E-state index contributed by atoms with van der Waals surface area (Å²) >= 11 is 0. The monoisotopic (exact) mass is 256 g/mol. The third-order valence-corrected chi connectivity index (χ3v) is 2.11. The smallest absolute Gasteiger partial charge is 0.222 e. The van der Waals surface area contributed by atoms with E-state index in [-0.39, 0.29) is 23.6 Å². The van der Waals surface area contributed by atoms with Gasteiger partial charge in [-0.25, -0.2) is 8.78 Å². The average Bonchev–Trinajstić information content (AvgIpc) is 2.18. The summed E-state index contributed by atoms with van der Waals surface area (Å²) in [4.78, 5) is 11.5. The summed E-state index contributed by atoms with van der Waals surface area (Å²) in [6, 6.07) is 3.28. The maximum Gasteiger partial charge on any atom is 0.222 e. The number of benzene rings is 1. The first kappa shape index (κ1) is 14.4. The number of halogens is 2. The Bertz CT molecular complexity index is 427. The Kier molecular flexibility index (Phi) is 4.64. The molecule has 0 saturated carbocycles. The van der Waals surface area contributed by atoms with Crippen LogP contribution in [-0.4, -0.2) is 18.0 Å². The molecule has 1 aromatic rings. The Balaban J connectivity index is 2.40. The predicted octanol–water partition coefficient (Wildman–Crippen LogP) is 2.68. The SMILES string of the molecule is CC(C)(C)NC(=O)CCNc1ccc(F)cc1F. The van der Waals surface area contributed by atoms with Gasteiger partial charge >= 0.3 is 0 Å². The molecule has 0 aliphatic heterocycles. The number of rotatable bonds is 4. The molecule has 100 valence electrons. The molecule has 0 heterocycles. The highest BCUT2D eigenvalue weighted by Gasteiger charge is 2.13. The number of nitrogens with one attached hydrogen (secondary N) is 2. The summed E-state index contributed by atoms with van der Waals surface area (Å²) in [7, 11) is 0. The van der Waals surface area contributed by atoms with Crippen LogP contribution in [0.15, 0.2) is 18.2 Å². The summed E-state index contributed by atoms with van der Waals surface area (Å²) in [5, 5.41) is 5.55. The molecule has 0 saturated heterocycles. The molecule has 2 N–H and O–H groups in total. The van der Waals surface area contributed by atoms with E-state index in [1.807, 2.05) is 20.8 Å². The van der Waals surface area contributed by atoms with Gasteiger partial charge in [-0.15, -0.1) is 0 Å². The topological polar surface area (TPSA) is 41.1 Å². The molecule has 0 radical (unpaired) electrons. The van der Waals surface area contributed by atoms with Crippen LogP contribution in [0.3, 0.4) is 0 Å². The van der Waals surface area contributed by atoms with Crippen LogP contribution in [-0.2, 0) is 4.79 Å². The van der Waals surface area contributed by atoms with E-state index in [0.717, 1.165) is 6.07 Å². The van der Waals surface area contributed by atoms with Gasteiger partial charge in [0.1, 0.15) is 11.6 Å². The molecule has 18 heavy (non-hydrogen) atoms. The van der Waals surface area contributed by atoms with Crippen LogP contribution < -0.4 is 10.6 Å². The van der Waals surface area contributed by atoms with Crippen molar-refractivity contribution in [1.29, 1.82) is 0 Å². The molecule has 0 atom stereocenters. The fourth-order valence-corrected chi connectivity index (χ4v) is 1.42. The van der Waals surface area contributed by atoms with Crippen molar-refractivity contribution in [2.75, 3.05) is 11.9 Å². The van der Waals surface area contributed by atoms with Crippen molar-refractivity contribution in [2.45, 2.75) is 32.7 Å². The molecular formula is C13H18F2N2O. The highest BCUT2D eigenvalue weighted by Crippen LogP contribution is 2.14. The Labute approximate surface area is 106 Å². The maximum absolute atomic E-state index is 13.2. The lowest BCUT2D eigenvalue weighted by Crippen LogP contribution is -2.41. The molecule has 0 unspecified atom stereocenters. The molecule has 0 aromatic heterocycles. The maximum atomic E-state index is 13.2. The highest BCUT2D eigenvalue weighted by molar-refractivity contribution is 5.77. The van der Waals surface area contributed by atoms with Crippen molar-refractivity contribution >= 4 is 11.6 Å². The molecule has 3 nitrogen and oxygen atoms in total. The third kappa shape index (κ3) is 5.12. The molecule has 1 rings (SSSR count). The van der Waals surface area contributed by atoms with Gasteiger partial charge in [0.25, 0.3) is 0 Å². The van der Waals surface area contributed by atoms with Crippen molar-refractivity contribution in [1.82, 2.24) is 5.32 Å². The zero-order valence-electron chi connectivity index (χ0n) is 10.8. The third-order valence-electron chi connectivity index (χ3n) is 2.11. The summed E-state index contributed by atoms with van der Waals surface area (Å²) < 4.78 is 25.9. The van der Waals surface area contributed by atoms with Crippen molar-refractivity contribution in [3.63, 3.8) is 0 Å². The van der Waals surface area contributed by atoms with E-state index in [1.165, 1.54) is 12.1 Å². The van der Waals surface area contributed by atoms with Gasteiger partial charge in [-0.2, -0.15) is 0 Å². The first-order valence-corrected chi connectivity index (χ1v) is 5.78. The van der Waals surface area contributed by atoms with Crippen molar-refractivity contribution in [3.05, 3.63) is 29.8 Å². The van der Waals surface area contributed by atoms with Gasteiger partial charge in [0, 0.05) is 24.6 Å². The number of carbonyl (C=O) groups is 1.